The topological polar surface area (TPSA) is 50.4 Å². The van der Waals surface area contributed by atoms with E-state index in [-0.39, 0.29) is 12.1 Å². The Morgan fingerprint density at radius 3 is 2.35 bits per heavy atom. The fourth-order valence-corrected chi connectivity index (χ4v) is 2.82. The highest BCUT2D eigenvalue weighted by atomic mass is 32.1. The van der Waals surface area contributed by atoms with Crippen molar-refractivity contribution >= 4 is 45.4 Å². The third-order valence-electron chi connectivity index (χ3n) is 3.76. The highest BCUT2D eigenvalue weighted by Gasteiger charge is 2.09. The van der Waals surface area contributed by atoms with E-state index < -0.39 is 0 Å². The quantitative estimate of drug-likeness (QED) is 0.491. The molecule has 5 heteroatoms. The van der Waals surface area contributed by atoms with Crippen LogP contribution in [-0.2, 0) is 4.74 Å². The van der Waals surface area contributed by atoms with Crippen LogP contribution in [0.25, 0.3) is 10.8 Å². The lowest BCUT2D eigenvalue weighted by atomic mass is 10.1. The minimum Gasteiger partial charge on any atom is -0.459 e. The largest absolute Gasteiger partial charge is 0.459 e. The Hall–Kier alpha value is -2.92. The Kier molecular flexibility index (Phi) is 5.49. The first kappa shape index (κ1) is 17.9. The first-order valence-electron chi connectivity index (χ1n) is 8.40. The van der Waals surface area contributed by atoms with E-state index in [1.807, 2.05) is 38.1 Å². The Bertz CT molecular complexity index is 931. The Balaban J connectivity index is 1.67. The van der Waals surface area contributed by atoms with Crippen LogP contribution >= 0.6 is 12.2 Å². The molecule has 0 spiro atoms. The predicted octanol–water partition coefficient (Wildman–Crippen LogP) is 5.21. The van der Waals surface area contributed by atoms with Crippen molar-refractivity contribution in [2.24, 2.45) is 0 Å². The van der Waals surface area contributed by atoms with Crippen molar-refractivity contribution in [1.82, 2.24) is 0 Å². The number of ether oxygens (including phenoxy) is 1. The van der Waals surface area contributed by atoms with Crippen LogP contribution in [0.1, 0.15) is 24.2 Å². The summed E-state index contributed by atoms with van der Waals surface area (Å²) in [6.45, 7) is 3.65. The zero-order chi connectivity index (χ0) is 18.5. The van der Waals surface area contributed by atoms with Crippen molar-refractivity contribution in [2.45, 2.75) is 20.0 Å². The highest BCUT2D eigenvalue weighted by Crippen LogP contribution is 2.23. The Morgan fingerprint density at radius 1 is 0.923 bits per heavy atom. The van der Waals surface area contributed by atoms with Gasteiger partial charge in [-0.1, -0.05) is 36.4 Å². The van der Waals surface area contributed by atoms with Gasteiger partial charge in [-0.2, -0.15) is 0 Å². The Labute approximate surface area is 158 Å². The van der Waals surface area contributed by atoms with Crippen LogP contribution in [0.2, 0.25) is 0 Å². The summed E-state index contributed by atoms with van der Waals surface area (Å²) in [6.07, 6.45) is -0.141. The lowest BCUT2D eigenvalue weighted by Crippen LogP contribution is -2.19. The molecule has 0 aliphatic heterocycles. The number of hydrogen-bond acceptors (Lipinski definition) is 3. The number of anilines is 2. The number of esters is 1. The molecule has 0 aliphatic rings. The summed E-state index contributed by atoms with van der Waals surface area (Å²) < 4.78 is 5.18. The van der Waals surface area contributed by atoms with Crippen molar-refractivity contribution in [2.75, 3.05) is 10.6 Å². The lowest BCUT2D eigenvalue weighted by Gasteiger charge is -2.13. The average molecular weight is 364 g/mol. The van der Waals surface area contributed by atoms with Crippen molar-refractivity contribution in [1.29, 1.82) is 0 Å². The van der Waals surface area contributed by atoms with Crippen molar-refractivity contribution < 1.29 is 9.53 Å². The van der Waals surface area contributed by atoms with Crippen LogP contribution in [0.4, 0.5) is 11.4 Å². The van der Waals surface area contributed by atoms with E-state index >= 15 is 0 Å². The second kappa shape index (κ2) is 7.97. The molecule has 3 aromatic carbocycles. The van der Waals surface area contributed by atoms with Gasteiger partial charge in [-0.15, -0.1) is 0 Å². The van der Waals surface area contributed by atoms with Crippen LogP contribution in [-0.4, -0.2) is 17.2 Å². The van der Waals surface area contributed by atoms with E-state index in [0.717, 1.165) is 22.1 Å². The van der Waals surface area contributed by atoms with E-state index in [0.29, 0.717) is 10.7 Å². The summed E-state index contributed by atoms with van der Waals surface area (Å²) in [7, 11) is 0. The number of nitrogens with one attached hydrogen (secondary N) is 2. The number of fused-ring (bicyclic) bond motifs is 1. The maximum absolute atomic E-state index is 11.9. The SMILES string of the molecule is CC(C)OC(=O)c1ccc(NC(=S)Nc2cccc3ccccc23)cc1. The summed E-state index contributed by atoms with van der Waals surface area (Å²) >= 11 is 5.41. The Morgan fingerprint density at radius 2 is 1.62 bits per heavy atom. The standard InChI is InChI=1S/C21H20N2O2S/c1-14(2)25-20(24)16-10-12-17(13-11-16)22-21(26)23-19-9-5-7-15-6-3-4-8-18(15)19/h3-14H,1-2H3,(H2,22,23,26). The van der Waals surface area contributed by atoms with Crippen molar-refractivity contribution in [3.05, 3.63) is 72.3 Å². The van der Waals surface area contributed by atoms with Gasteiger partial charge in [-0.25, -0.2) is 4.79 Å². The smallest absolute Gasteiger partial charge is 0.338 e. The molecule has 0 aliphatic carbocycles. The van der Waals surface area contributed by atoms with Gasteiger partial charge < -0.3 is 15.4 Å². The van der Waals surface area contributed by atoms with Crippen LogP contribution in [0.5, 0.6) is 0 Å². The van der Waals surface area contributed by atoms with Gasteiger partial charge in [0.15, 0.2) is 5.11 Å². The summed E-state index contributed by atoms with van der Waals surface area (Å²) in [5.74, 6) is -0.331. The molecule has 0 heterocycles. The first-order chi connectivity index (χ1) is 12.5. The summed E-state index contributed by atoms with van der Waals surface area (Å²) in [6, 6.07) is 21.2. The number of carbonyl (C=O) groups excluding carboxylic acids is 1. The molecule has 0 aromatic heterocycles. The van der Waals surface area contributed by atoms with Gasteiger partial charge in [0.2, 0.25) is 0 Å². The second-order valence-electron chi connectivity index (χ2n) is 6.14. The van der Waals surface area contributed by atoms with E-state index in [4.69, 9.17) is 17.0 Å². The second-order valence-corrected chi connectivity index (χ2v) is 6.55. The van der Waals surface area contributed by atoms with E-state index in [9.17, 15) is 4.79 Å². The van der Waals surface area contributed by atoms with E-state index in [1.165, 1.54) is 0 Å². The van der Waals surface area contributed by atoms with Crippen LogP contribution in [0, 0.1) is 0 Å². The summed E-state index contributed by atoms with van der Waals surface area (Å²) in [5, 5.41) is 9.09. The zero-order valence-electron chi connectivity index (χ0n) is 14.7. The highest BCUT2D eigenvalue weighted by molar-refractivity contribution is 7.80. The van der Waals surface area contributed by atoms with Gasteiger partial charge in [0.1, 0.15) is 0 Å². The molecule has 0 amide bonds. The molecule has 4 nitrogen and oxygen atoms in total. The van der Waals surface area contributed by atoms with Gasteiger partial charge in [0.25, 0.3) is 0 Å². The molecule has 3 rings (SSSR count). The number of benzene rings is 3. The third-order valence-corrected chi connectivity index (χ3v) is 3.96. The molecule has 0 unspecified atom stereocenters. The van der Waals surface area contributed by atoms with E-state index in [2.05, 4.69) is 28.8 Å². The molecular weight excluding hydrogens is 344 g/mol. The number of carbonyl (C=O) groups is 1. The number of hydrogen-bond donors (Lipinski definition) is 2. The maximum Gasteiger partial charge on any atom is 0.338 e. The molecule has 0 bridgehead atoms. The molecule has 0 saturated heterocycles. The monoisotopic (exact) mass is 364 g/mol. The van der Waals surface area contributed by atoms with Gasteiger partial charge in [-0.3, -0.25) is 0 Å². The summed E-state index contributed by atoms with van der Waals surface area (Å²) in [5.41, 5.74) is 2.25. The molecule has 0 radical (unpaired) electrons. The van der Waals surface area contributed by atoms with Crippen LogP contribution in [0.3, 0.4) is 0 Å². The fourth-order valence-electron chi connectivity index (χ4n) is 2.59. The van der Waals surface area contributed by atoms with E-state index in [1.54, 1.807) is 24.3 Å². The maximum atomic E-state index is 11.9. The van der Waals surface area contributed by atoms with Crippen LogP contribution < -0.4 is 10.6 Å². The fraction of sp³-hybridized carbons (Fsp3) is 0.143. The third kappa shape index (κ3) is 4.37. The first-order valence-corrected chi connectivity index (χ1v) is 8.80. The minimum absolute atomic E-state index is 0.141. The van der Waals surface area contributed by atoms with Gasteiger partial charge in [0.05, 0.1) is 11.7 Å². The van der Waals surface area contributed by atoms with Crippen molar-refractivity contribution in [3.63, 3.8) is 0 Å². The lowest BCUT2D eigenvalue weighted by molar-refractivity contribution is 0.0378. The number of thiocarbonyl (C=S) groups is 1. The normalized spacial score (nSPS) is 10.6. The molecule has 0 fully saturated rings. The molecule has 132 valence electrons. The number of rotatable bonds is 4. The summed E-state index contributed by atoms with van der Waals surface area (Å²) in [4.78, 5) is 11.9. The predicted molar refractivity (Wildman–Crippen MR) is 111 cm³/mol. The molecular formula is C21H20N2O2S. The zero-order valence-corrected chi connectivity index (χ0v) is 15.5. The molecule has 0 atom stereocenters. The average Bonchev–Trinajstić information content (AvgIpc) is 2.62. The minimum atomic E-state index is -0.331. The molecule has 26 heavy (non-hydrogen) atoms. The molecule has 3 aromatic rings. The molecule has 2 N–H and O–H groups in total. The van der Waals surface area contributed by atoms with Crippen LogP contribution in [0.15, 0.2) is 66.7 Å². The van der Waals surface area contributed by atoms with Crippen molar-refractivity contribution in [3.8, 4) is 0 Å². The molecule has 0 saturated carbocycles. The van der Waals surface area contributed by atoms with Gasteiger partial charge >= 0.3 is 5.97 Å². The van der Waals surface area contributed by atoms with Gasteiger partial charge in [0, 0.05) is 16.8 Å². The van der Waals surface area contributed by atoms with Gasteiger partial charge in [-0.05, 0) is 61.8 Å².